The molecule has 3 aromatic rings. The van der Waals surface area contributed by atoms with Crippen LogP contribution in [0.5, 0.6) is 11.5 Å². The molecular weight excluding hydrogens is 321 g/mol. The molecule has 2 N–H and O–H groups in total. The maximum Gasteiger partial charge on any atom is 0.163 e. The summed E-state index contributed by atoms with van der Waals surface area (Å²) in [5.41, 5.74) is 5.51. The fourth-order valence-electron chi connectivity index (χ4n) is 2.37. The number of anilines is 1. The molecule has 0 spiro atoms. The standard InChI is InChI=1S/C17H13F3N2O2/c1-23-16-5-14(20)15(21)6-17(16)24-8-11-10-7-22-3-2-9(10)12(18)4-13(11)19/h2-7H,8,21H2,1H3. The van der Waals surface area contributed by atoms with E-state index in [0.717, 1.165) is 12.1 Å². The second kappa shape index (κ2) is 6.27. The molecule has 1 heterocycles. The molecule has 3 rings (SSSR count). The molecule has 0 saturated carbocycles. The molecule has 0 atom stereocenters. The molecule has 0 amide bonds. The van der Waals surface area contributed by atoms with Crippen molar-refractivity contribution >= 4 is 16.5 Å². The summed E-state index contributed by atoms with van der Waals surface area (Å²) in [7, 11) is 1.34. The van der Waals surface area contributed by atoms with Crippen molar-refractivity contribution in [3.8, 4) is 11.5 Å². The van der Waals surface area contributed by atoms with Crippen LogP contribution in [0.1, 0.15) is 5.56 Å². The lowest BCUT2D eigenvalue weighted by Crippen LogP contribution is -2.04. The highest BCUT2D eigenvalue weighted by Crippen LogP contribution is 2.33. The topological polar surface area (TPSA) is 57.4 Å². The van der Waals surface area contributed by atoms with Crippen molar-refractivity contribution in [1.82, 2.24) is 4.98 Å². The first kappa shape index (κ1) is 15.9. The van der Waals surface area contributed by atoms with E-state index in [0.29, 0.717) is 5.39 Å². The predicted molar refractivity (Wildman–Crippen MR) is 83.4 cm³/mol. The molecule has 0 bridgehead atoms. The first-order valence-electron chi connectivity index (χ1n) is 6.97. The second-order valence-corrected chi connectivity index (χ2v) is 5.05. The summed E-state index contributed by atoms with van der Waals surface area (Å²) in [6.07, 6.45) is 2.77. The van der Waals surface area contributed by atoms with Crippen LogP contribution in [0.4, 0.5) is 18.9 Å². The van der Waals surface area contributed by atoms with Crippen LogP contribution in [0.15, 0.2) is 36.7 Å². The van der Waals surface area contributed by atoms with Gasteiger partial charge < -0.3 is 15.2 Å². The third-order valence-electron chi connectivity index (χ3n) is 3.60. The summed E-state index contributed by atoms with van der Waals surface area (Å²) in [5.74, 6) is -1.83. The van der Waals surface area contributed by atoms with Gasteiger partial charge >= 0.3 is 0 Å². The first-order valence-corrected chi connectivity index (χ1v) is 6.97. The normalized spacial score (nSPS) is 10.8. The molecule has 0 fully saturated rings. The minimum atomic E-state index is -0.762. The predicted octanol–water partition coefficient (Wildman–Crippen LogP) is 3.82. The lowest BCUT2D eigenvalue weighted by Gasteiger charge is -2.14. The summed E-state index contributed by atoms with van der Waals surface area (Å²) in [6, 6.07) is 4.56. The van der Waals surface area contributed by atoms with Gasteiger partial charge in [-0.2, -0.15) is 0 Å². The zero-order valence-corrected chi connectivity index (χ0v) is 12.6. The maximum atomic E-state index is 14.1. The number of fused-ring (bicyclic) bond motifs is 1. The van der Waals surface area contributed by atoms with Gasteiger partial charge in [-0.25, -0.2) is 13.2 Å². The van der Waals surface area contributed by atoms with Crippen molar-refractivity contribution in [1.29, 1.82) is 0 Å². The van der Waals surface area contributed by atoms with Crippen LogP contribution in [-0.4, -0.2) is 12.1 Å². The average Bonchev–Trinajstić information content (AvgIpc) is 2.57. The smallest absolute Gasteiger partial charge is 0.163 e. The Morgan fingerprint density at radius 1 is 1.00 bits per heavy atom. The van der Waals surface area contributed by atoms with Crippen LogP contribution in [0.3, 0.4) is 0 Å². The van der Waals surface area contributed by atoms with Crippen molar-refractivity contribution < 1.29 is 22.6 Å². The van der Waals surface area contributed by atoms with Crippen molar-refractivity contribution in [3.63, 3.8) is 0 Å². The molecule has 24 heavy (non-hydrogen) atoms. The number of halogens is 3. The number of hydrogen-bond acceptors (Lipinski definition) is 4. The van der Waals surface area contributed by atoms with Gasteiger partial charge in [-0.1, -0.05) is 0 Å². The Balaban J connectivity index is 1.99. The Hall–Kier alpha value is -2.96. The molecular formula is C17H13F3N2O2. The van der Waals surface area contributed by atoms with Crippen molar-refractivity contribution in [2.75, 3.05) is 12.8 Å². The summed E-state index contributed by atoms with van der Waals surface area (Å²) in [5, 5.41) is 0.527. The molecule has 7 heteroatoms. The van der Waals surface area contributed by atoms with E-state index in [9.17, 15) is 13.2 Å². The van der Waals surface area contributed by atoms with E-state index in [2.05, 4.69) is 4.98 Å². The van der Waals surface area contributed by atoms with E-state index < -0.39 is 17.5 Å². The van der Waals surface area contributed by atoms with Crippen LogP contribution in [0.25, 0.3) is 10.8 Å². The van der Waals surface area contributed by atoms with E-state index in [1.165, 1.54) is 31.6 Å². The Morgan fingerprint density at radius 3 is 2.54 bits per heavy atom. The van der Waals surface area contributed by atoms with Crippen LogP contribution >= 0.6 is 0 Å². The molecule has 0 saturated heterocycles. The minimum absolute atomic E-state index is 0.117. The van der Waals surface area contributed by atoms with Crippen LogP contribution in [0.2, 0.25) is 0 Å². The molecule has 0 aliphatic carbocycles. The third kappa shape index (κ3) is 2.80. The summed E-state index contributed by atoms with van der Waals surface area (Å²) in [6.45, 7) is -0.226. The monoisotopic (exact) mass is 334 g/mol. The number of methoxy groups -OCH3 is 1. The quantitative estimate of drug-likeness (QED) is 0.737. The Morgan fingerprint density at radius 2 is 1.79 bits per heavy atom. The maximum absolute atomic E-state index is 14.1. The van der Waals surface area contributed by atoms with Gasteiger partial charge in [0.25, 0.3) is 0 Å². The number of nitrogens with two attached hydrogens (primary N) is 1. The van der Waals surface area contributed by atoms with Gasteiger partial charge in [0.1, 0.15) is 24.1 Å². The SMILES string of the molecule is COc1cc(F)c(N)cc1OCc1c(F)cc(F)c2ccncc12. The lowest BCUT2D eigenvalue weighted by molar-refractivity contribution is 0.280. The Bertz CT molecular complexity index is 916. The molecule has 4 nitrogen and oxygen atoms in total. The highest BCUT2D eigenvalue weighted by Gasteiger charge is 2.15. The van der Waals surface area contributed by atoms with Crippen LogP contribution in [0, 0.1) is 17.5 Å². The average molecular weight is 334 g/mol. The molecule has 0 unspecified atom stereocenters. The first-order chi connectivity index (χ1) is 11.5. The molecule has 2 aromatic carbocycles. The summed E-state index contributed by atoms with van der Waals surface area (Å²) >= 11 is 0. The third-order valence-corrected chi connectivity index (χ3v) is 3.60. The highest BCUT2D eigenvalue weighted by atomic mass is 19.1. The Kier molecular flexibility index (Phi) is 4.16. The van der Waals surface area contributed by atoms with Gasteiger partial charge in [-0.3, -0.25) is 4.98 Å². The number of ether oxygens (including phenoxy) is 2. The number of nitrogens with zero attached hydrogens (tertiary/aromatic N) is 1. The molecule has 0 radical (unpaired) electrons. The number of benzene rings is 2. The number of aromatic nitrogens is 1. The van der Waals surface area contributed by atoms with E-state index in [1.807, 2.05) is 0 Å². The van der Waals surface area contributed by atoms with Crippen LogP contribution in [-0.2, 0) is 6.61 Å². The molecule has 0 aliphatic rings. The summed E-state index contributed by atoms with van der Waals surface area (Å²) < 4.78 is 52.0. The van der Waals surface area contributed by atoms with Gasteiger partial charge in [-0.05, 0) is 6.07 Å². The zero-order valence-electron chi connectivity index (χ0n) is 12.6. The lowest BCUT2D eigenvalue weighted by atomic mass is 10.1. The van der Waals surface area contributed by atoms with E-state index in [4.69, 9.17) is 15.2 Å². The van der Waals surface area contributed by atoms with Crippen molar-refractivity contribution in [3.05, 3.63) is 59.7 Å². The van der Waals surface area contributed by atoms with Crippen molar-refractivity contribution in [2.24, 2.45) is 0 Å². The van der Waals surface area contributed by atoms with Gasteiger partial charge in [0.15, 0.2) is 11.5 Å². The molecule has 1 aromatic heterocycles. The minimum Gasteiger partial charge on any atom is -0.493 e. The van der Waals surface area contributed by atoms with E-state index in [1.54, 1.807) is 0 Å². The number of hydrogen-bond donors (Lipinski definition) is 1. The van der Waals surface area contributed by atoms with Gasteiger partial charge in [0.2, 0.25) is 0 Å². The van der Waals surface area contributed by atoms with Gasteiger partial charge in [0, 0.05) is 46.9 Å². The zero-order chi connectivity index (χ0) is 17.3. The van der Waals surface area contributed by atoms with Gasteiger partial charge in [0.05, 0.1) is 12.8 Å². The fraction of sp³-hybridized carbons (Fsp3) is 0.118. The second-order valence-electron chi connectivity index (χ2n) is 5.05. The summed E-state index contributed by atoms with van der Waals surface area (Å²) in [4.78, 5) is 3.89. The van der Waals surface area contributed by atoms with Crippen molar-refractivity contribution in [2.45, 2.75) is 6.61 Å². The van der Waals surface area contributed by atoms with Gasteiger partial charge in [-0.15, -0.1) is 0 Å². The van der Waals surface area contributed by atoms with E-state index in [-0.39, 0.29) is 34.7 Å². The van der Waals surface area contributed by atoms with Crippen LogP contribution < -0.4 is 15.2 Å². The highest BCUT2D eigenvalue weighted by molar-refractivity contribution is 5.85. The number of rotatable bonds is 4. The molecule has 0 aliphatic heterocycles. The van der Waals surface area contributed by atoms with E-state index >= 15 is 0 Å². The molecule has 124 valence electrons. The number of pyridine rings is 1. The largest absolute Gasteiger partial charge is 0.493 e. The Labute approximate surface area is 135 Å². The fourth-order valence-corrected chi connectivity index (χ4v) is 2.37. The number of nitrogen functional groups attached to an aromatic ring is 1.